The first-order valence-corrected chi connectivity index (χ1v) is 6.31. The summed E-state index contributed by atoms with van der Waals surface area (Å²) in [6.45, 7) is 1.07. The van der Waals surface area contributed by atoms with Crippen LogP contribution in [0, 0.1) is 0 Å². The number of carbonyl (C=O) groups is 1. The van der Waals surface area contributed by atoms with Crippen LogP contribution in [0.25, 0.3) is 0 Å². The molecule has 1 fully saturated rings. The van der Waals surface area contributed by atoms with E-state index in [0.717, 1.165) is 11.3 Å². The fourth-order valence-electron chi connectivity index (χ4n) is 1.99. The Bertz CT molecular complexity index is 424. The van der Waals surface area contributed by atoms with Gasteiger partial charge in [0.25, 0.3) is 0 Å². The number of carbonyl (C=O) groups excluding carboxylic acids is 1. The smallest absolute Gasteiger partial charge is 0.224 e. The first-order chi connectivity index (χ1) is 9.11. The zero-order valence-electron chi connectivity index (χ0n) is 11.0. The van der Waals surface area contributed by atoms with Gasteiger partial charge in [-0.3, -0.25) is 4.79 Å². The summed E-state index contributed by atoms with van der Waals surface area (Å²) in [4.78, 5) is 11.8. The van der Waals surface area contributed by atoms with E-state index < -0.39 is 5.60 Å². The van der Waals surface area contributed by atoms with Crippen molar-refractivity contribution in [3.8, 4) is 5.75 Å². The van der Waals surface area contributed by atoms with Crippen LogP contribution in [0.5, 0.6) is 5.75 Å². The van der Waals surface area contributed by atoms with Gasteiger partial charge in [-0.1, -0.05) is 12.1 Å². The molecule has 0 saturated carbocycles. The molecule has 1 aromatic carbocycles. The maximum Gasteiger partial charge on any atom is 0.224 e. The lowest BCUT2D eigenvalue weighted by Gasteiger charge is -2.20. The Labute approximate surface area is 112 Å². The Morgan fingerprint density at radius 2 is 2.21 bits per heavy atom. The van der Waals surface area contributed by atoms with E-state index in [-0.39, 0.29) is 19.1 Å². The highest BCUT2D eigenvalue weighted by Gasteiger charge is 2.32. The lowest BCUT2D eigenvalue weighted by molar-refractivity contribution is -0.121. The van der Waals surface area contributed by atoms with Gasteiger partial charge in [-0.05, 0) is 17.7 Å². The number of ether oxygens (including phenoxy) is 2. The second-order valence-corrected chi connectivity index (χ2v) is 4.83. The van der Waals surface area contributed by atoms with Gasteiger partial charge in [-0.2, -0.15) is 0 Å². The predicted molar refractivity (Wildman–Crippen MR) is 70.1 cm³/mol. The summed E-state index contributed by atoms with van der Waals surface area (Å²) in [7, 11) is 1.60. The minimum absolute atomic E-state index is 0.106. The highest BCUT2D eigenvalue weighted by molar-refractivity contribution is 5.78. The molecular weight excluding hydrogens is 246 g/mol. The SMILES string of the molecule is COc1ccc(CC(=O)NCC2(O)CCOC2)cc1. The van der Waals surface area contributed by atoms with Crippen LogP contribution in [0.2, 0.25) is 0 Å². The minimum Gasteiger partial charge on any atom is -0.497 e. The number of benzene rings is 1. The second-order valence-electron chi connectivity index (χ2n) is 4.83. The van der Waals surface area contributed by atoms with E-state index in [0.29, 0.717) is 19.4 Å². The van der Waals surface area contributed by atoms with Crippen LogP contribution in [0.4, 0.5) is 0 Å². The van der Waals surface area contributed by atoms with E-state index in [4.69, 9.17) is 9.47 Å². The fraction of sp³-hybridized carbons (Fsp3) is 0.500. The Morgan fingerprint density at radius 3 is 2.79 bits per heavy atom. The van der Waals surface area contributed by atoms with E-state index in [9.17, 15) is 9.90 Å². The van der Waals surface area contributed by atoms with Gasteiger partial charge in [0, 0.05) is 19.6 Å². The molecule has 0 radical (unpaired) electrons. The van der Waals surface area contributed by atoms with Crippen molar-refractivity contribution in [3.63, 3.8) is 0 Å². The third-order valence-corrected chi connectivity index (χ3v) is 3.22. The summed E-state index contributed by atoms with van der Waals surface area (Å²) < 4.78 is 10.2. The molecule has 0 spiro atoms. The average molecular weight is 265 g/mol. The van der Waals surface area contributed by atoms with Crippen molar-refractivity contribution in [3.05, 3.63) is 29.8 Å². The molecule has 1 aliphatic rings. The number of amides is 1. The van der Waals surface area contributed by atoms with E-state index in [2.05, 4.69) is 5.32 Å². The van der Waals surface area contributed by atoms with Crippen molar-refractivity contribution in [2.24, 2.45) is 0 Å². The number of hydrogen-bond acceptors (Lipinski definition) is 4. The Hall–Kier alpha value is -1.59. The standard InChI is InChI=1S/C14H19NO4/c1-18-12-4-2-11(3-5-12)8-13(16)15-9-14(17)6-7-19-10-14/h2-5,17H,6-10H2,1H3,(H,15,16). The van der Waals surface area contributed by atoms with Gasteiger partial charge in [0.1, 0.15) is 11.4 Å². The van der Waals surface area contributed by atoms with Crippen LogP contribution < -0.4 is 10.1 Å². The molecule has 1 aromatic rings. The number of hydrogen-bond donors (Lipinski definition) is 2. The van der Waals surface area contributed by atoms with Gasteiger partial charge in [-0.15, -0.1) is 0 Å². The Kier molecular flexibility index (Phi) is 4.39. The molecule has 2 N–H and O–H groups in total. The van der Waals surface area contributed by atoms with Crippen LogP contribution in [-0.2, 0) is 16.0 Å². The molecule has 5 nitrogen and oxygen atoms in total. The lowest BCUT2D eigenvalue weighted by Crippen LogP contribution is -2.43. The van der Waals surface area contributed by atoms with Crippen molar-refractivity contribution in [2.75, 3.05) is 26.9 Å². The number of methoxy groups -OCH3 is 1. The van der Waals surface area contributed by atoms with Gasteiger partial charge < -0.3 is 19.9 Å². The summed E-state index contributed by atoms with van der Waals surface area (Å²) in [5.41, 5.74) is 0.00298. The molecule has 1 atom stereocenters. The topological polar surface area (TPSA) is 67.8 Å². The highest BCUT2D eigenvalue weighted by Crippen LogP contribution is 2.17. The molecule has 5 heteroatoms. The Balaban J connectivity index is 1.80. The molecular formula is C14H19NO4. The maximum atomic E-state index is 11.8. The van der Waals surface area contributed by atoms with Gasteiger partial charge in [0.2, 0.25) is 5.91 Å². The minimum atomic E-state index is -0.907. The van der Waals surface area contributed by atoms with Crippen LogP contribution in [0.1, 0.15) is 12.0 Å². The molecule has 104 valence electrons. The predicted octanol–water partition coefficient (Wildman–Crippen LogP) is 0.505. The van der Waals surface area contributed by atoms with Crippen LogP contribution in [0.15, 0.2) is 24.3 Å². The van der Waals surface area contributed by atoms with Gasteiger partial charge in [-0.25, -0.2) is 0 Å². The molecule has 2 rings (SSSR count). The van der Waals surface area contributed by atoms with E-state index >= 15 is 0 Å². The van der Waals surface area contributed by atoms with Crippen molar-refractivity contribution in [1.29, 1.82) is 0 Å². The molecule has 1 saturated heterocycles. The van der Waals surface area contributed by atoms with Crippen LogP contribution >= 0.6 is 0 Å². The van der Waals surface area contributed by atoms with Crippen LogP contribution in [-0.4, -0.2) is 43.5 Å². The monoisotopic (exact) mass is 265 g/mol. The van der Waals surface area contributed by atoms with Crippen molar-refractivity contribution >= 4 is 5.91 Å². The third-order valence-electron chi connectivity index (χ3n) is 3.22. The van der Waals surface area contributed by atoms with E-state index in [1.165, 1.54) is 0 Å². The summed E-state index contributed by atoms with van der Waals surface area (Å²) in [6.07, 6.45) is 0.858. The maximum absolute atomic E-state index is 11.8. The summed E-state index contributed by atoms with van der Waals surface area (Å²) in [6, 6.07) is 7.35. The summed E-state index contributed by atoms with van der Waals surface area (Å²) >= 11 is 0. The zero-order valence-corrected chi connectivity index (χ0v) is 11.0. The molecule has 0 aliphatic carbocycles. The molecule has 1 amide bonds. The number of aliphatic hydroxyl groups is 1. The van der Waals surface area contributed by atoms with Crippen molar-refractivity contribution in [1.82, 2.24) is 5.32 Å². The average Bonchev–Trinajstić information content (AvgIpc) is 2.85. The van der Waals surface area contributed by atoms with Crippen molar-refractivity contribution < 1.29 is 19.4 Å². The molecule has 1 unspecified atom stereocenters. The Morgan fingerprint density at radius 1 is 1.47 bits per heavy atom. The van der Waals surface area contributed by atoms with Crippen molar-refractivity contribution in [2.45, 2.75) is 18.4 Å². The van der Waals surface area contributed by atoms with E-state index in [1.807, 2.05) is 24.3 Å². The molecule has 19 heavy (non-hydrogen) atoms. The first kappa shape index (κ1) is 13.8. The summed E-state index contributed by atoms with van der Waals surface area (Å²) in [5, 5.41) is 12.8. The molecule has 1 aliphatic heterocycles. The highest BCUT2D eigenvalue weighted by atomic mass is 16.5. The van der Waals surface area contributed by atoms with Gasteiger partial charge in [0.15, 0.2) is 0 Å². The number of nitrogens with one attached hydrogen (secondary N) is 1. The largest absolute Gasteiger partial charge is 0.497 e. The first-order valence-electron chi connectivity index (χ1n) is 6.31. The van der Waals surface area contributed by atoms with Gasteiger partial charge >= 0.3 is 0 Å². The fourth-order valence-corrected chi connectivity index (χ4v) is 1.99. The zero-order chi connectivity index (χ0) is 13.7. The molecule has 0 bridgehead atoms. The lowest BCUT2D eigenvalue weighted by atomic mass is 10.0. The summed E-state index contributed by atoms with van der Waals surface area (Å²) in [5.74, 6) is 0.659. The second kappa shape index (κ2) is 6.04. The normalized spacial score (nSPS) is 22.2. The van der Waals surface area contributed by atoms with E-state index in [1.54, 1.807) is 7.11 Å². The quantitative estimate of drug-likeness (QED) is 0.814. The number of rotatable bonds is 5. The third kappa shape index (κ3) is 3.94. The van der Waals surface area contributed by atoms with Crippen LogP contribution in [0.3, 0.4) is 0 Å². The molecule has 1 heterocycles. The molecule has 0 aromatic heterocycles. The van der Waals surface area contributed by atoms with Gasteiger partial charge in [0.05, 0.1) is 20.1 Å².